The van der Waals surface area contributed by atoms with E-state index in [4.69, 9.17) is 10.5 Å². The van der Waals surface area contributed by atoms with E-state index >= 15 is 0 Å². The Morgan fingerprint density at radius 3 is 2.79 bits per heavy atom. The molecule has 2 unspecified atom stereocenters. The normalized spacial score (nSPS) is 14.1. The molecule has 2 N–H and O–H groups in total. The van der Waals surface area contributed by atoms with Crippen LogP contribution in [0.25, 0.3) is 0 Å². The first-order valence-corrected chi connectivity index (χ1v) is 6.90. The summed E-state index contributed by atoms with van der Waals surface area (Å²) in [5.41, 5.74) is 7.12. The Kier molecular flexibility index (Phi) is 4.55. The van der Waals surface area contributed by atoms with Gasteiger partial charge in [0.15, 0.2) is 0 Å². The summed E-state index contributed by atoms with van der Waals surface area (Å²) in [7, 11) is 1.87. The van der Waals surface area contributed by atoms with Crippen molar-refractivity contribution in [1.29, 1.82) is 0 Å². The van der Waals surface area contributed by atoms with E-state index in [9.17, 15) is 0 Å². The highest BCUT2D eigenvalue weighted by molar-refractivity contribution is 9.10. The van der Waals surface area contributed by atoms with E-state index in [1.54, 1.807) is 23.3 Å². The fraction of sp³-hybridized carbons (Fsp3) is 0.385. The zero-order valence-electron chi connectivity index (χ0n) is 11.0. The van der Waals surface area contributed by atoms with Crippen molar-refractivity contribution in [1.82, 2.24) is 14.8 Å². The number of nitrogens with zero attached hydrogens (tertiary/aromatic N) is 3. The lowest BCUT2D eigenvalue weighted by atomic mass is 10.0. The molecule has 2 rings (SSSR count). The summed E-state index contributed by atoms with van der Waals surface area (Å²) in [6.07, 6.45) is 7.69. The lowest BCUT2D eigenvalue weighted by Crippen LogP contribution is -2.31. The Bertz CT molecular complexity index is 543. The smallest absolute Gasteiger partial charge is 0.142 e. The number of rotatable bonds is 5. The van der Waals surface area contributed by atoms with Gasteiger partial charge in [0.25, 0.3) is 0 Å². The van der Waals surface area contributed by atoms with Gasteiger partial charge in [-0.25, -0.2) is 0 Å². The number of hydrogen-bond acceptors (Lipinski definition) is 4. The van der Waals surface area contributed by atoms with E-state index in [0.717, 1.165) is 16.5 Å². The molecule has 0 aliphatic heterocycles. The van der Waals surface area contributed by atoms with Crippen LogP contribution < -0.4 is 10.5 Å². The van der Waals surface area contributed by atoms with Crippen molar-refractivity contribution in [2.45, 2.75) is 25.5 Å². The summed E-state index contributed by atoms with van der Waals surface area (Å²) in [5.74, 6) is 0.687. The Balaban J connectivity index is 2.24. The van der Waals surface area contributed by atoms with Crippen LogP contribution in [-0.2, 0) is 7.05 Å². The molecule has 0 amide bonds. The first-order valence-electron chi connectivity index (χ1n) is 6.11. The molecule has 0 saturated heterocycles. The van der Waals surface area contributed by atoms with E-state index in [2.05, 4.69) is 26.0 Å². The first-order chi connectivity index (χ1) is 9.10. The predicted molar refractivity (Wildman–Crippen MR) is 76.8 cm³/mol. The van der Waals surface area contributed by atoms with Crippen LogP contribution >= 0.6 is 15.9 Å². The van der Waals surface area contributed by atoms with Crippen LogP contribution in [0, 0.1) is 0 Å². The number of aryl methyl sites for hydroxylation is 1. The highest BCUT2D eigenvalue weighted by atomic mass is 79.9. The van der Waals surface area contributed by atoms with Gasteiger partial charge in [-0.2, -0.15) is 5.10 Å². The highest BCUT2D eigenvalue weighted by Crippen LogP contribution is 2.26. The third kappa shape index (κ3) is 3.54. The maximum absolute atomic E-state index is 6.15. The quantitative estimate of drug-likeness (QED) is 0.917. The second-order valence-electron chi connectivity index (χ2n) is 4.40. The topological polar surface area (TPSA) is 66.0 Å². The summed E-state index contributed by atoms with van der Waals surface area (Å²) >= 11 is 3.38. The highest BCUT2D eigenvalue weighted by Gasteiger charge is 2.22. The Labute approximate surface area is 120 Å². The monoisotopic (exact) mass is 324 g/mol. The zero-order valence-corrected chi connectivity index (χ0v) is 12.5. The van der Waals surface area contributed by atoms with Crippen LogP contribution in [0.2, 0.25) is 0 Å². The molecule has 2 atom stereocenters. The van der Waals surface area contributed by atoms with Gasteiger partial charge in [-0.15, -0.1) is 0 Å². The van der Waals surface area contributed by atoms with Crippen molar-refractivity contribution in [3.05, 3.63) is 40.9 Å². The molecule has 2 aromatic heterocycles. The van der Waals surface area contributed by atoms with Crippen LogP contribution in [0.5, 0.6) is 5.75 Å². The van der Waals surface area contributed by atoms with Crippen molar-refractivity contribution in [2.24, 2.45) is 12.8 Å². The maximum atomic E-state index is 6.15. The van der Waals surface area contributed by atoms with Gasteiger partial charge in [0.1, 0.15) is 11.9 Å². The number of halogens is 1. The van der Waals surface area contributed by atoms with Gasteiger partial charge in [-0.3, -0.25) is 9.67 Å². The lowest BCUT2D eigenvalue weighted by molar-refractivity contribution is 0.170. The van der Waals surface area contributed by atoms with E-state index < -0.39 is 0 Å². The SMILES string of the molecule is CCC(N)C(Oc1cncc(Br)c1)c1cnn(C)c1. The number of hydrogen-bond donors (Lipinski definition) is 1. The molecule has 0 saturated carbocycles. The minimum Gasteiger partial charge on any atom is -0.482 e. The van der Waals surface area contributed by atoms with Crippen molar-refractivity contribution in [3.8, 4) is 5.75 Å². The predicted octanol–water partition coefficient (Wildman–Crippen LogP) is 2.44. The molecule has 0 fully saturated rings. The summed E-state index contributed by atoms with van der Waals surface area (Å²) < 4.78 is 8.59. The first kappa shape index (κ1) is 14.0. The van der Waals surface area contributed by atoms with Crippen molar-refractivity contribution in [2.75, 3.05) is 0 Å². The molecule has 0 aliphatic rings. The van der Waals surface area contributed by atoms with Crippen molar-refractivity contribution in [3.63, 3.8) is 0 Å². The Morgan fingerprint density at radius 1 is 1.42 bits per heavy atom. The second-order valence-corrected chi connectivity index (χ2v) is 5.31. The largest absolute Gasteiger partial charge is 0.482 e. The standard InChI is InChI=1S/C13H17BrN4O/c1-3-12(15)13(9-5-17-18(2)8-9)19-11-4-10(14)6-16-7-11/h4-8,12-13H,3,15H2,1-2H3. The van der Waals surface area contributed by atoms with Crippen LogP contribution in [0.4, 0.5) is 0 Å². The van der Waals surface area contributed by atoms with E-state index in [0.29, 0.717) is 5.75 Å². The molecule has 2 heterocycles. The van der Waals surface area contributed by atoms with Crippen LogP contribution in [0.1, 0.15) is 25.0 Å². The second kappa shape index (κ2) is 6.16. The molecule has 2 aromatic rings. The Hall–Kier alpha value is -1.40. The molecule has 5 nitrogen and oxygen atoms in total. The molecule has 102 valence electrons. The molecule has 0 aliphatic carbocycles. The van der Waals surface area contributed by atoms with Gasteiger partial charge in [-0.05, 0) is 28.4 Å². The third-order valence-corrected chi connectivity index (χ3v) is 3.29. The van der Waals surface area contributed by atoms with Gasteiger partial charge < -0.3 is 10.5 Å². The summed E-state index contributed by atoms with van der Waals surface area (Å²) in [5, 5.41) is 4.17. The van der Waals surface area contributed by atoms with Crippen molar-refractivity contribution < 1.29 is 4.74 Å². The molecule has 0 radical (unpaired) electrons. The van der Waals surface area contributed by atoms with E-state index in [1.807, 2.05) is 26.2 Å². The summed E-state index contributed by atoms with van der Waals surface area (Å²) in [6, 6.07) is 1.78. The van der Waals surface area contributed by atoms with Gasteiger partial charge >= 0.3 is 0 Å². The van der Waals surface area contributed by atoms with Crippen molar-refractivity contribution >= 4 is 15.9 Å². The number of nitrogens with two attached hydrogens (primary N) is 1. The average molecular weight is 325 g/mol. The minimum absolute atomic E-state index is 0.0943. The summed E-state index contributed by atoms with van der Waals surface area (Å²) in [4.78, 5) is 4.09. The minimum atomic E-state index is -0.227. The molecule has 6 heteroatoms. The van der Waals surface area contributed by atoms with Crippen LogP contribution in [-0.4, -0.2) is 20.8 Å². The van der Waals surface area contributed by atoms with Gasteiger partial charge in [-0.1, -0.05) is 6.92 Å². The lowest BCUT2D eigenvalue weighted by Gasteiger charge is -2.23. The average Bonchev–Trinajstić information content (AvgIpc) is 2.81. The van der Waals surface area contributed by atoms with Gasteiger partial charge in [0.05, 0.1) is 12.4 Å². The van der Waals surface area contributed by atoms with Gasteiger partial charge in [0, 0.05) is 35.5 Å². The third-order valence-electron chi connectivity index (χ3n) is 2.86. The van der Waals surface area contributed by atoms with E-state index in [1.165, 1.54) is 0 Å². The molecule has 0 aromatic carbocycles. The number of aromatic nitrogens is 3. The zero-order chi connectivity index (χ0) is 13.8. The molecule has 0 bridgehead atoms. The number of ether oxygens (including phenoxy) is 1. The Morgan fingerprint density at radius 2 is 2.21 bits per heavy atom. The summed E-state index contributed by atoms with van der Waals surface area (Å²) in [6.45, 7) is 2.04. The molecular weight excluding hydrogens is 308 g/mol. The molecule has 19 heavy (non-hydrogen) atoms. The maximum Gasteiger partial charge on any atom is 0.142 e. The number of pyridine rings is 1. The van der Waals surface area contributed by atoms with Crippen LogP contribution in [0.3, 0.4) is 0 Å². The van der Waals surface area contributed by atoms with Gasteiger partial charge in [0.2, 0.25) is 0 Å². The van der Waals surface area contributed by atoms with Crippen LogP contribution in [0.15, 0.2) is 35.3 Å². The fourth-order valence-corrected chi connectivity index (χ4v) is 2.15. The molecule has 0 spiro atoms. The fourth-order valence-electron chi connectivity index (χ4n) is 1.81. The van der Waals surface area contributed by atoms with E-state index in [-0.39, 0.29) is 12.1 Å². The molecular formula is C13H17BrN4O.